The molecule has 1 aliphatic heterocycles. The van der Waals surface area contributed by atoms with E-state index >= 15 is 0 Å². The summed E-state index contributed by atoms with van der Waals surface area (Å²) in [5.41, 5.74) is 4.09. The molecule has 2 aromatic carbocycles. The molecule has 0 saturated carbocycles. The fraction of sp³-hybridized carbons (Fsp3) is 0.267. The summed E-state index contributed by atoms with van der Waals surface area (Å²) in [4.78, 5) is 43.9. The standard InChI is InChI=1S/C30H27FN6O6S/c1-16-9-19(27-23(10-16)35-26(41-2)14-33-27)28-36-22-11-20(31)24(12-25(22)44-28)42-7-8-43-30(40)34-17-3-4-21(32-13-17)29(39)37-6-5-18(38)15-37/h3-4,9-14,18,38H,5-8,15H2,1-2H3,(H,34,40)/t18-/m0/s1. The highest BCUT2D eigenvalue weighted by atomic mass is 32.1. The van der Waals surface area contributed by atoms with Crippen LogP contribution in [0, 0.1) is 12.7 Å². The molecule has 3 aromatic heterocycles. The molecule has 0 unspecified atom stereocenters. The van der Waals surface area contributed by atoms with Gasteiger partial charge in [-0.25, -0.2) is 29.1 Å². The first-order valence-corrected chi connectivity index (χ1v) is 14.5. The average Bonchev–Trinajstić information content (AvgIpc) is 3.64. The number of hydrogen-bond acceptors (Lipinski definition) is 11. The summed E-state index contributed by atoms with van der Waals surface area (Å²) in [6, 6.07) is 9.76. The van der Waals surface area contributed by atoms with E-state index in [1.807, 2.05) is 19.1 Å². The summed E-state index contributed by atoms with van der Waals surface area (Å²) in [5, 5.41) is 12.8. The number of nitrogens with one attached hydrogen (secondary N) is 1. The second-order valence-corrected chi connectivity index (χ2v) is 11.1. The van der Waals surface area contributed by atoms with Gasteiger partial charge in [0.1, 0.15) is 23.9 Å². The third-order valence-electron chi connectivity index (χ3n) is 6.90. The number of aryl methyl sites for hydroxylation is 1. The number of thiazole rings is 1. The van der Waals surface area contributed by atoms with Crippen LogP contribution in [-0.2, 0) is 4.74 Å². The Morgan fingerprint density at radius 3 is 2.73 bits per heavy atom. The Balaban J connectivity index is 1.05. The van der Waals surface area contributed by atoms with Crippen LogP contribution in [0.1, 0.15) is 22.5 Å². The van der Waals surface area contributed by atoms with Crippen molar-refractivity contribution in [2.75, 3.05) is 38.7 Å². The first-order valence-electron chi connectivity index (χ1n) is 13.7. The molecule has 1 atom stereocenters. The first-order chi connectivity index (χ1) is 21.3. The van der Waals surface area contributed by atoms with Crippen LogP contribution in [0.25, 0.3) is 31.8 Å². The maximum Gasteiger partial charge on any atom is 0.411 e. The number of hydrogen-bond donors (Lipinski definition) is 2. The maximum absolute atomic E-state index is 14.8. The number of aliphatic hydroxyl groups excluding tert-OH is 1. The van der Waals surface area contributed by atoms with Gasteiger partial charge in [-0.05, 0) is 43.2 Å². The zero-order valence-corrected chi connectivity index (χ0v) is 24.6. The van der Waals surface area contributed by atoms with Crippen molar-refractivity contribution in [3.8, 4) is 22.2 Å². The van der Waals surface area contributed by atoms with Gasteiger partial charge in [-0.1, -0.05) is 0 Å². The molecule has 1 aliphatic rings. The summed E-state index contributed by atoms with van der Waals surface area (Å²) < 4.78 is 31.5. The van der Waals surface area contributed by atoms with E-state index in [1.165, 1.54) is 47.7 Å². The topological polar surface area (TPSA) is 149 Å². The van der Waals surface area contributed by atoms with Gasteiger partial charge in [0.15, 0.2) is 11.6 Å². The van der Waals surface area contributed by atoms with Crippen molar-refractivity contribution in [3.63, 3.8) is 0 Å². The second-order valence-electron chi connectivity index (χ2n) is 10.1. The van der Waals surface area contributed by atoms with Crippen LogP contribution in [0.2, 0.25) is 0 Å². The maximum atomic E-state index is 14.8. The Morgan fingerprint density at radius 1 is 1.11 bits per heavy atom. The van der Waals surface area contributed by atoms with Gasteiger partial charge < -0.3 is 24.2 Å². The van der Waals surface area contributed by atoms with Crippen LogP contribution in [0.3, 0.4) is 0 Å². The molecular formula is C30H27FN6O6S. The minimum Gasteiger partial charge on any atom is -0.487 e. The smallest absolute Gasteiger partial charge is 0.411 e. The monoisotopic (exact) mass is 618 g/mol. The highest BCUT2D eigenvalue weighted by Gasteiger charge is 2.26. The molecule has 4 heterocycles. The number of benzene rings is 2. The van der Waals surface area contributed by atoms with E-state index < -0.39 is 18.0 Å². The molecule has 5 aromatic rings. The predicted molar refractivity (Wildman–Crippen MR) is 161 cm³/mol. The number of carbonyl (C=O) groups is 2. The van der Waals surface area contributed by atoms with E-state index in [4.69, 9.17) is 14.2 Å². The zero-order valence-electron chi connectivity index (χ0n) is 23.7. The SMILES string of the molecule is COc1cnc2c(-c3nc4cc(F)c(OCCOC(=O)Nc5ccc(C(=O)N6CC[C@H](O)C6)nc5)cc4s3)cc(C)cc2n1. The van der Waals surface area contributed by atoms with E-state index in [0.29, 0.717) is 50.8 Å². The van der Waals surface area contributed by atoms with Crippen LogP contribution in [0.15, 0.2) is 48.8 Å². The van der Waals surface area contributed by atoms with Crippen molar-refractivity contribution in [1.82, 2.24) is 24.8 Å². The fourth-order valence-electron chi connectivity index (χ4n) is 4.79. The largest absolute Gasteiger partial charge is 0.487 e. The first kappa shape index (κ1) is 29.1. The molecule has 2 N–H and O–H groups in total. The van der Waals surface area contributed by atoms with Crippen LogP contribution < -0.4 is 14.8 Å². The number of aromatic nitrogens is 4. The van der Waals surface area contributed by atoms with E-state index in [-0.39, 0.29) is 37.1 Å². The summed E-state index contributed by atoms with van der Waals surface area (Å²) in [6.07, 6.45) is 2.14. The van der Waals surface area contributed by atoms with Crippen molar-refractivity contribution < 1.29 is 33.3 Å². The lowest BCUT2D eigenvalue weighted by Crippen LogP contribution is -2.30. The van der Waals surface area contributed by atoms with Crippen LogP contribution in [0.5, 0.6) is 11.6 Å². The van der Waals surface area contributed by atoms with Crippen molar-refractivity contribution >= 4 is 50.3 Å². The molecule has 0 aliphatic carbocycles. The molecule has 0 spiro atoms. The Kier molecular flexibility index (Phi) is 8.17. The number of anilines is 1. The number of nitrogens with zero attached hydrogens (tertiary/aromatic N) is 5. The lowest BCUT2D eigenvalue weighted by molar-refractivity contribution is 0.0759. The number of carbonyl (C=O) groups excluding carboxylic acids is 2. The number of ether oxygens (including phenoxy) is 3. The predicted octanol–water partition coefficient (Wildman–Crippen LogP) is 4.59. The third kappa shape index (κ3) is 6.21. The molecule has 2 amide bonds. The number of pyridine rings is 1. The number of halogens is 1. The van der Waals surface area contributed by atoms with Crippen molar-refractivity contribution in [2.24, 2.45) is 0 Å². The highest BCUT2D eigenvalue weighted by molar-refractivity contribution is 7.21. The number of likely N-dealkylation sites (tertiary alicyclic amines) is 1. The third-order valence-corrected chi connectivity index (χ3v) is 7.96. The normalized spacial score (nSPS) is 14.6. The van der Waals surface area contributed by atoms with E-state index in [0.717, 1.165) is 11.1 Å². The van der Waals surface area contributed by atoms with E-state index in [2.05, 4.69) is 25.3 Å². The number of rotatable bonds is 8. The Bertz CT molecular complexity index is 1870. The van der Waals surface area contributed by atoms with Gasteiger partial charge in [0.2, 0.25) is 5.88 Å². The van der Waals surface area contributed by atoms with Gasteiger partial charge in [0.05, 0.1) is 52.5 Å². The number of fused-ring (bicyclic) bond motifs is 2. The Morgan fingerprint density at radius 2 is 1.98 bits per heavy atom. The minimum absolute atomic E-state index is 0.00492. The lowest BCUT2D eigenvalue weighted by Gasteiger charge is -2.15. The number of β-amino-alcohol motifs (C(OH)–C–C–N with tert-alkyl or cyclic N) is 1. The molecule has 226 valence electrons. The Labute approximate surface area is 254 Å². The number of methoxy groups -OCH3 is 1. The lowest BCUT2D eigenvalue weighted by atomic mass is 10.1. The fourth-order valence-corrected chi connectivity index (χ4v) is 5.78. The average molecular weight is 619 g/mol. The number of aliphatic hydroxyl groups is 1. The summed E-state index contributed by atoms with van der Waals surface area (Å²) in [5.74, 6) is -0.471. The van der Waals surface area contributed by atoms with Crippen LogP contribution in [0.4, 0.5) is 14.9 Å². The zero-order chi connectivity index (χ0) is 30.8. The van der Waals surface area contributed by atoms with Crippen molar-refractivity contribution in [1.29, 1.82) is 0 Å². The molecule has 44 heavy (non-hydrogen) atoms. The summed E-state index contributed by atoms with van der Waals surface area (Å²) >= 11 is 1.37. The van der Waals surface area contributed by atoms with Gasteiger partial charge in [0, 0.05) is 30.8 Å². The number of amides is 2. The van der Waals surface area contributed by atoms with Gasteiger partial charge in [0.25, 0.3) is 5.91 Å². The van der Waals surface area contributed by atoms with Gasteiger partial charge in [-0.3, -0.25) is 10.1 Å². The summed E-state index contributed by atoms with van der Waals surface area (Å²) in [6.45, 7) is 2.46. The molecule has 0 radical (unpaired) electrons. The van der Waals surface area contributed by atoms with Gasteiger partial charge in [-0.15, -0.1) is 11.3 Å². The second kappa shape index (κ2) is 12.3. The summed E-state index contributed by atoms with van der Waals surface area (Å²) in [7, 11) is 1.53. The molecule has 14 heteroatoms. The molecular weight excluding hydrogens is 591 g/mol. The Hall–Kier alpha value is -4.95. The van der Waals surface area contributed by atoms with Crippen molar-refractivity contribution in [2.45, 2.75) is 19.4 Å². The highest BCUT2D eigenvalue weighted by Crippen LogP contribution is 2.37. The molecule has 0 bridgehead atoms. The van der Waals surface area contributed by atoms with Crippen LogP contribution in [-0.4, -0.2) is 81.5 Å². The quantitative estimate of drug-likeness (QED) is 0.237. The van der Waals surface area contributed by atoms with Crippen LogP contribution >= 0.6 is 11.3 Å². The van der Waals surface area contributed by atoms with Gasteiger partial charge in [-0.2, -0.15) is 0 Å². The van der Waals surface area contributed by atoms with Crippen molar-refractivity contribution in [3.05, 3.63) is 65.9 Å². The molecule has 1 saturated heterocycles. The minimum atomic E-state index is -0.758. The van der Waals surface area contributed by atoms with E-state index in [1.54, 1.807) is 12.3 Å². The van der Waals surface area contributed by atoms with Gasteiger partial charge >= 0.3 is 6.09 Å². The van der Waals surface area contributed by atoms with E-state index in [9.17, 15) is 19.1 Å². The molecule has 1 fully saturated rings. The molecule has 6 rings (SSSR count). The molecule has 12 nitrogen and oxygen atoms in total.